The van der Waals surface area contributed by atoms with Gasteiger partial charge in [0.15, 0.2) is 0 Å². The maximum absolute atomic E-state index is 8.28. The van der Waals surface area contributed by atoms with Crippen molar-refractivity contribution in [2.45, 2.75) is 0 Å². The summed E-state index contributed by atoms with van der Waals surface area (Å²) in [6, 6.07) is 0. The molecule has 0 heterocycles. The predicted molar refractivity (Wildman–Crippen MR) is 8.95 cm³/mol. The van der Waals surface area contributed by atoms with Gasteiger partial charge in [-0.15, -0.1) is 0 Å². The van der Waals surface area contributed by atoms with Crippen molar-refractivity contribution >= 4 is 16.2 Å². The second-order valence-electron chi connectivity index (χ2n) is 0. The molecule has 6 heteroatoms. The second kappa shape index (κ2) is 45.3. The van der Waals surface area contributed by atoms with Crippen LogP contribution in [-0.2, 0) is 54.1 Å². The molecule has 2 radical (unpaired) electrons. The van der Waals surface area contributed by atoms with Gasteiger partial charge in [-0.05, 0) is 0 Å². The van der Waals surface area contributed by atoms with Crippen molar-refractivity contribution in [1.82, 2.24) is 0 Å². The molecule has 0 amide bonds. The van der Waals surface area contributed by atoms with Crippen LogP contribution in [0.3, 0.4) is 0 Å². The fraction of sp³-hybridized carbons (Fsp3) is 0. The van der Waals surface area contributed by atoms with Gasteiger partial charge in [0.2, 0.25) is 0 Å². The van der Waals surface area contributed by atoms with Crippen molar-refractivity contribution in [3.63, 3.8) is 0 Å². The summed E-state index contributed by atoms with van der Waals surface area (Å²) < 4.78 is 8.28. The summed E-state index contributed by atoms with van der Waals surface area (Å²) in [5, 5.41) is 0. The van der Waals surface area contributed by atoms with E-state index in [9.17, 15) is 0 Å². The molecular formula is H2AlCoMnNaNiO. The summed E-state index contributed by atoms with van der Waals surface area (Å²) in [7, 11) is 0. The molecule has 0 fully saturated rings. The van der Waals surface area contributed by atoms with E-state index in [-0.39, 0.29) is 81.3 Å². The second-order valence-corrected chi connectivity index (χ2v) is 0. The molecule has 0 unspecified atom stereocenters. The Kier molecular flexibility index (Phi) is 278. The van der Waals surface area contributed by atoms with Gasteiger partial charge in [-0.1, -0.05) is 0 Å². The van der Waals surface area contributed by atoms with Gasteiger partial charge in [-0.25, -0.2) is 0 Å². The molecule has 0 saturated heterocycles. The van der Waals surface area contributed by atoms with E-state index in [2.05, 4.69) is 0 Å². The Morgan fingerprint density at radius 1 is 1.33 bits per heavy atom. The minimum absolute atomic E-state index is 0. The monoisotopic (exact) mass is 240 g/mol. The molecule has 0 aromatic rings. The standard InChI is InChI=1S/Al.Co.Mn.Na.Ni.O.2H/q;;;+1;;;;-1. The third-order valence-electron chi connectivity index (χ3n) is 0. The minimum atomic E-state index is 0. The molecule has 0 atom stereocenters. The summed E-state index contributed by atoms with van der Waals surface area (Å²) in [5.74, 6) is 0. The first-order valence-electron chi connectivity index (χ1n) is 0.289. The van der Waals surface area contributed by atoms with Crippen LogP contribution in [-0.4, -0.2) is 16.2 Å². The molecule has 38 valence electrons. The molecule has 1 nitrogen and oxygen atoms in total. The van der Waals surface area contributed by atoms with Gasteiger partial charge in [-0.3, -0.25) is 0 Å². The van der Waals surface area contributed by atoms with Gasteiger partial charge < -0.3 is 1.43 Å². The van der Waals surface area contributed by atoms with Crippen molar-refractivity contribution in [3.8, 4) is 0 Å². The Morgan fingerprint density at radius 2 is 1.33 bits per heavy atom. The Morgan fingerprint density at radius 3 is 1.33 bits per heavy atom. The van der Waals surface area contributed by atoms with Crippen LogP contribution in [0.5, 0.6) is 0 Å². The SMILES string of the molecule is [Co].[H-].[Mn].[Na+].[Ni].[O]=[AlH]. The number of hydrogen-bond acceptors (Lipinski definition) is 1. The van der Waals surface area contributed by atoms with Gasteiger partial charge in [0.1, 0.15) is 0 Å². The quantitative estimate of drug-likeness (QED) is 0.399. The van der Waals surface area contributed by atoms with E-state index in [0.717, 1.165) is 0 Å². The van der Waals surface area contributed by atoms with E-state index in [4.69, 9.17) is 3.80 Å². The third kappa shape index (κ3) is 28.8. The Hall–Kier alpha value is 2.85. The van der Waals surface area contributed by atoms with E-state index in [1.165, 1.54) is 0 Å². The predicted octanol–water partition coefficient (Wildman–Crippen LogP) is -3.66. The van der Waals surface area contributed by atoms with Gasteiger partial charge in [0.05, 0.1) is 0 Å². The Labute approximate surface area is 99.8 Å². The molecular weight excluding hydrogens is 239 g/mol. The molecule has 0 aliphatic carbocycles. The van der Waals surface area contributed by atoms with Crippen LogP contribution in [0.2, 0.25) is 0 Å². The van der Waals surface area contributed by atoms with Crippen LogP contribution in [0.1, 0.15) is 1.43 Å². The van der Waals surface area contributed by atoms with Crippen LogP contribution in [0, 0.1) is 0 Å². The molecule has 0 spiro atoms. The van der Waals surface area contributed by atoms with Crippen molar-refractivity contribution in [3.05, 3.63) is 0 Å². The number of rotatable bonds is 0. The first-order valence-corrected chi connectivity index (χ1v) is 0.866. The molecule has 0 saturated carbocycles. The van der Waals surface area contributed by atoms with Crippen LogP contribution >= 0.6 is 0 Å². The zero-order valence-corrected chi connectivity index (χ0v) is 9.77. The molecule has 0 N–H and O–H groups in total. The summed E-state index contributed by atoms with van der Waals surface area (Å²) in [6.45, 7) is 0. The summed E-state index contributed by atoms with van der Waals surface area (Å²) >= 11 is 0.611. The van der Waals surface area contributed by atoms with Crippen LogP contribution in [0.25, 0.3) is 0 Å². The normalized spacial score (nSPS) is 0.500. The molecule has 0 bridgehead atoms. The zero-order valence-electron chi connectivity index (χ0n) is 4.14. The average molecular weight is 241 g/mol. The van der Waals surface area contributed by atoms with Gasteiger partial charge in [0.25, 0.3) is 0 Å². The Balaban J connectivity index is -0.000000000500. The molecule has 0 aliphatic heterocycles. The van der Waals surface area contributed by atoms with Crippen molar-refractivity contribution in [1.29, 1.82) is 0 Å². The van der Waals surface area contributed by atoms with E-state index in [0.29, 0.717) is 16.2 Å². The fourth-order valence-corrected chi connectivity index (χ4v) is 0. The van der Waals surface area contributed by atoms with E-state index < -0.39 is 0 Å². The summed E-state index contributed by atoms with van der Waals surface area (Å²) in [5.41, 5.74) is 0. The van der Waals surface area contributed by atoms with Gasteiger partial charge >= 0.3 is 49.6 Å². The molecule has 0 aromatic heterocycles. The molecule has 0 aliphatic rings. The van der Waals surface area contributed by atoms with Gasteiger partial charge in [-0.2, -0.15) is 0 Å². The van der Waals surface area contributed by atoms with Crippen molar-refractivity contribution in [2.24, 2.45) is 0 Å². The first kappa shape index (κ1) is 36.8. The fourth-order valence-electron chi connectivity index (χ4n) is 0. The molecule has 0 rings (SSSR count). The van der Waals surface area contributed by atoms with Crippen LogP contribution in [0.15, 0.2) is 0 Å². The van der Waals surface area contributed by atoms with Crippen molar-refractivity contribution in [2.75, 3.05) is 0 Å². The van der Waals surface area contributed by atoms with Crippen LogP contribution < -0.4 is 29.6 Å². The summed E-state index contributed by atoms with van der Waals surface area (Å²) in [6.07, 6.45) is 0. The van der Waals surface area contributed by atoms with Crippen LogP contribution in [0.4, 0.5) is 0 Å². The topological polar surface area (TPSA) is 17.1 Å². The van der Waals surface area contributed by atoms with Crippen molar-refractivity contribution < 1.29 is 85.1 Å². The number of hydrogen-bond donors (Lipinski definition) is 0. The third-order valence-corrected chi connectivity index (χ3v) is 0. The maximum atomic E-state index is 8.28. The summed E-state index contributed by atoms with van der Waals surface area (Å²) in [4.78, 5) is 0. The van der Waals surface area contributed by atoms with E-state index >= 15 is 0 Å². The first-order chi connectivity index (χ1) is 1.00. The molecule has 6 heavy (non-hydrogen) atoms. The zero-order chi connectivity index (χ0) is 2.00. The van der Waals surface area contributed by atoms with Gasteiger partial charge in [0, 0.05) is 50.3 Å². The average Bonchev–Trinajstić information content (AvgIpc) is 1.00. The van der Waals surface area contributed by atoms with E-state index in [1.807, 2.05) is 0 Å². The Bertz CT molecular complexity index is 19.7. The van der Waals surface area contributed by atoms with E-state index in [1.54, 1.807) is 0 Å². The molecule has 0 aromatic carbocycles.